The Morgan fingerprint density at radius 2 is 1.55 bits per heavy atom. The van der Waals surface area contributed by atoms with Crippen LogP contribution in [0.5, 0.6) is 11.5 Å². The lowest BCUT2D eigenvalue weighted by molar-refractivity contribution is -0.125. The summed E-state index contributed by atoms with van der Waals surface area (Å²) < 4.78 is 5.74. The van der Waals surface area contributed by atoms with Gasteiger partial charge < -0.3 is 10.1 Å². The molecule has 2 aromatic rings. The van der Waals surface area contributed by atoms with E-state index in [9.17, 15) is 4.79 Å². The molecule has 0 spiro atoms. The SMILES string of the molecule is CCC(CC)C(=O)NCc1ccc(Oc2ccccc2)cc1. The van der Waals surface area contributed by atoms with Gasteiger partial charge in [-0.1, -0.05) is 44.2 Å². The molecule has 2 aromatic carbocycles. The lowest BCUT2D eigenvalue weighted by Crippen LogP contribution is -2.29. The molecule has 0 aliphatic heterocycles. The second-order valence-corrected chi connectivity index (χ2v) is 5.29. The standard InChI is InChI=1S/C19H23NO2/c1-3-16(4-2)19(21)20-14-15-10-12-18(13-11-15)22-17-8-6-5-7-9-17/h5-13,16H,3-4,14H2,1-2H3,(H,20,21). The number of nitrogens with one attached hydrogen (secondary N) is 1. The summed E-state index contributed by atoms with van der Waals surface area (Å²) in [6.45, 7) is 4.65. The van der Waals surface area contributed by atoms with Crippen molar-refractivity contribution < 1.29 is 9.53 Å². The zero-order chi connectivity index (χ0) is 15.8. The Labute approximate surface area is 132 Å². The second-order valence-electron chi connectivity index (χ2n) is 5.29. The monoisotopic (exact) mass is 297 g/mol. The molecule has 0 heterocycles. The van der Waals surface area contributed by atoms with Crippen molar-refractivity contribution in [1.29, 1.82) is 0 Å². The lowest BCUT2D eigenvalue weighted by Gasteiger charge is -2.13. The Morgan fingerprint density at radius 3 is 2.14 bits per heavy atom. The molecular formula is C19H23NO2. The number of para-hydroxylation sites is 1. The predicted molar refractivity (Wildman–Crippen MR) is 88.9 cm³/mol. The van der Waals surface area contributed by atoms with Gasteiger partial charge in [-0.05, 0) is 42.7 Å². The summed E-state index contributed by atoms with van der Waals surface area (Å²) in [5.74, 6) is 1.86. The number of hydrogen-bond acceptors (Lipinski definition) is 2. The lowest BCUT2D eigenvalue weighted by atomic mass is 10.0. The third kappa shape index (κ3) is 4.62. The third-order valence-corrected chi connectivity index (χ3v) is 3.73. The highest BCUT2D eigenvalue weighted by Gasteiger charge is 2.13. The summed E-state index contributed by atoms with van der Waals surface area (Å²) in [6, 6.07) is 17.5. The maximum Gasteiger partial charge on any atom is 0.223 e. The van der Waals surface area contributed by atoms with E-state index in [1.807, 2.05) is 68.4 Å². The number of ether oxygens (including phenoxy) is 1. The zero-order valence-electron chi connectivity index (χ0n) is 13.2. The van der Waals surface area contributed by atoms with Crippen LogP contribution in [0.15, 0.2) is 54.6 Å². The van der Waals surface area contributed by atoms with E-state index in [2.05, 4.69) is 5.32 Å². The van der Waals surface area contributed by atoms with Gasteiger partial charge in [-0.2, -0.15) is 0 Å². The number of carbonyl (C=O) groups excluding carboxylic acids is 1. The molecule has 0 atom stereocenters. The summed E-state index contributed by atoms with van der Waals surface area (Å²) >= 11 is 0. The van der Waals surface area contributed by atoms with Crippen LogP contribution in [-0.2, 0) is 11.3 Å². The Balaban J connectivity index is 1.88. The molecule has 2 rings (SSSR count). The first kappa shape index (κ1) is 16.1. The Bertz CT molecular complexity index is 574. The highest BCUT2D eigenvalue weighted by molar-refractivity contribution is 5.78. The van der Waals surface area contributed by atoms with Crippen LogP contribution < -0.4 is 10.1 Å². The maximum absolute atomic E-state index is 12.0. The molecular weight excluding hydrogens is 274 g/mol. The Morgan fingerprint density at radius 1 is 0.955 bits per heavy atom. The van der Waals surface area contributed by atoms with Gasteiger partial charge in [0.25, 0.3) is 0 Å². The van der Waals surface area contributed by atoms with Crippen molar-refractivity contribution in [3.63, 3.8) is 0 Å². The van der Waals surface area contributed by atoms with E-state index >= 15 is 0 Å². The molecule has 3 nitrogen and oxygen atoms in total. The number of carbonyl (C=O) groups is 1. The highest BCUT2D eigenvalue weighted by atomic mass is 16.5. The zero-order valence-corrected chi connectivity index (χ0v) is 13.2. The van der Waals surface area contributed by atoms with E-state index in [0.29, 0.717) is 6.54 Å². The molecule has 0 unspecified atom stereocenters. The van der Waals surface area contributed by atoms with E-state index in [1.165, 1.54) is 0 Å². The highest BCUT2D eigenvalue weighted by Crippen LogP contribution is 2.21. The number of amides is 1. The first-order valence-electron chi connectivity index (χ1n) is 7.82. The van der Waals surface area contributed by atoms with Gasteiger partial charge in [0.05, 0.1) is 0 Å². The maximum atomic E-state index is 12.0. The predicted octanol–water partition coefficient (Wildman–Crippen LogP) is 4.53. The molecule has 0 fully saturated rings. The molecule has 0 aliphatic rings. The molecule has 0 saturated carbocycles. The van der Waals surface area contributed by atoms with Crippen molar-refractivity contribution in [3.05, 3.63) is 60.2 Å². The minimum atomic E-state index is 0.112. The van der Waals surface area contributed by atoms with E-state index < -0.39 is 0 Å². The quantitative estimate of drug-likeness (QED) is 0.815. The van der Waals surface area contributed by atoms with Crippen LogP contribution in [0.3, 0.4) is 0 Å². The van der Waals surface area contributed by atoms with Gasteiger partial charge >= 0.3 is 0 Å². The van der Waals surface area contributed by atoms with Gasteiger partial charge in [0.15, 0.2) is 0 Å². The van der Waals surface area contributed by atoms with Crippen LogP contribution in [0.4, 0.5) is 0 Å². The number of hydrogen-bond donors (Lipinski definition) is 1. The normalized spacial score (nSPS) is 10.5. The van der Waals surface area contributed by atoms with E-state index in [4.69, 9.17) is 4.74 Å². The van der Waals surface area contributed by atoms with E-state index in [-0.39, 0.29) is 11.8 Å². The topological polar surface area (TPSA) is 38.3 Å². The van der Waals surface area contributed by atoms with Gasteiger partial charge in [0, 0.05) is 12.5 Å². The van der Waals surface area contributed by atoms with Crippen LogP contribution in [0.1, 0.15) is 32.3 Å². The van der Waals surface area contributed by atoms with Gasteiger partial charge in [-0.25, -0.2) is 0 Å². The molecule has 3 heteroatoms. The largest absolute Gasteiger partial charge is 0.457 e. The van der Waals surface area contributed by atoms with Crippen LogP contribution >= 0.6 is 0 Å². The molecule has 0 aromatic heterocycles. The summed E-state index contributed by atoms with van der Waals surface area (Å²) in [5, 5.41) is 2.99. The van der Waals surface area contributed by atoms with Crippen LogP contribution in [-0.4, -0.2) is 5.91 Å². The fraction of sp³-hybridized carbons (Fsp3) is 0.316. The van der Waals surface area contributed by atoms with Crippen molar-refractivity contribution in [1.82, 2.24) is 5.32 Å². The van der Waals surface area contributed by atoms with Crippen LogP contribution in [0.2, 0.25) is 0 Å². The fourth-order valence-corrected chi connectivity index (χ4v) is 2.29. The van der Waals surface area contributed by atoms with Crippen molar-refractivity contribution in [3.8, 4) is 11.5 Å². The van der Waals surface area contributed by atoms with Gasteiger partial charge in [0.2, 0.25) is 5.91 Å². The summed E-state index contributed by atoms with van der Waals surface area (Å²) in [4.78, 5) is 12.0. The van der Waals surface area contributed by atoms with Crippen molar-refractivity contribution >= 4 is 5.91 Å². The molecule has 1 N–H and O–H groups in total. The molecule has 0 radical (unpaired) electrons. The number of benzene rings is 2. The first-order valence-corrected chi connectivity index (χ1v) is 7.82. The van der Waals surface area contributed by atoms with Crippen LogP contribution in [0, 0.1) is 5.92 Å². The molecule has 22 heavy (non-hydrogen) atoms. The second kappa shape index (κ2) is 8.23. The average molecular weight is 297 g/mol. The summed E-state index contributed by atoms with van der Waals surface area (Å²) in [6.07, 6.45) is 1.76. The molecule has 0 aliphatic carbocycles. The van der Waals surface area contributed by atoms with Crippen LogP contribution in [0.25, 0.3) is 0 Å². The van der Waals surface area contributed by atoms with Crippen molar-refractivity contribution in [2.24, 2.45) is 5.92 Å². The van der Waals surface area contributed by atoms with Gasteiger partial charge in [-0.3, -0.25) is 4.79 Å². The third-order valence-electron chi connectivity index (χ3n) is 3.73. The smallest absolute Gasteiger partial charge is 0.223 e. The fourth-order valence-electron chi connectivity index (χ4n) is 2.29. The van der Waals surface area contributed by atoms with E-state index in [0.717, 1.165) is 29.9 Å². The number of rotatable bonds is 7. The minimum Gasteiger partial charge on any atom is -0.457 e. The van der Waals surface area contributed by atoms with E-state index in [1.54, 1.807) is 0 Å². The molecule has 0 bridgehead atoms. The first-order chi connectivity index (χ1) is 10.7. The molecule has 0 saturated heterocycles. The summed E-state index contributed by atoms with van der Waals surface area (Å²) in [5.41, 5.74) is 1.07. The average Bonchev–Trinajstić information content (AvgIpc) is 2.56. The van der Waals surface area contributed by atoms with Crippen molar-refractivity contribution in [2.75, 3.05) is 0 Å². The molecule has 116 valence electrons. The molecule has 1 amide bonds. The van der Waals surface area contributed by atoms with Crippen molar-refractivity contribution in [2.45, 2.75) is 33.2 Å². The van der Waals surface area contributed by atoms with Gasteiger partial charge in [0.1, 0.15) is 11.5 Å². The Kier molecular flexibility index (Phi) is 6.01. The Hall–Kier alpha value is -2.29. The minimum absolute atomic E-state index is 0.112. The van der Waals surface area contributed by atoms with Gasteiger partial charge in [-0.15, -0.1) is 0 Å². The summed E-state index contributed by atoms with van der Waals surface area (Å²) in [7, 11) is 0.